The first-order valence-corrected chi connectivity index (χ1v) is 6.56. The van der Waals surface area contributed by atoms with Gasteiger partial charge in [0.25, 0.3) is 0 Å². The molecule has 0 N–H and O–H groups in total. The van der Waals surface area contributed by atoms with Crippen LogP contribution in [0, 0.1) is 0 Å². The number of aromatic nitrogens is 1. The normalized spacial score (nSPS) is 11.8. The number of nitrogens with zero attached hydrogens (tertiary/aromatic N) is 1. The Hall–Kier alpha value is -1.57. The number of hydrogen-bond acceptors (Lipinski definition) is 2. The molecule has 0 saturated carbocycles. The summed E-state index contributed by atoms with van der Waals surface area (Å²) in [5.41, 5.74) is 2.56. The van der Waals surface area contributed by atoms with E-state index in [1.165, 1.54) is 5.56 Å². The summed E-state index contributed by atoms with van der Waals surface area (Å²) in [6.07, 6.45) is 3.86. The average molecular weight is 243 g/mol. The molecule has 96 valence electrons. The van der Waals surface area contributed by atoms with Crippen LogP contribution in [0.1, 0.15) is 45.4 Å². The third kappa shape index (κ3) is 2.81. The third-order valence-corrected chi connectivity index (χ3v) is 3.05. The van der Waals surface area contributed by atoms with E-state index >= 15 is 0 Å². The Labute approximate surface area is 109 Å². The van der Waals surface area contributed by atoms with Crippen LogP contribution >= 0.6 is 0 Å². The van der Waals surface area contributed by atoms with Crippen molar-refractivity contribution in [1.29, 1.82) is 0 Å². The van der Waals surface area contributed by atoms with Crippen LogP contribution in [0.2, 0.25) is 0 Å². The summed E-state index contributed by atoms with van der Waals surface area (Å²) < 4.78 is 5.72. The SMILES string of the molecule is CCCc1cnc(-c2ccc(C(C)(C)C)cc2)o1. The molecule has 0 atom stereocenters. The van der Waals surface area contributed by atoms with Gasteiger partial charge in [-0.2, -0.15) is 0 Å². The molecule has 0 bridgehead atoms. The lowest BCUT2D eigenvalue weighted by Gasteiger charge is -2.18. The van der Waals surface area contributed by atoms with Crippen molar-refractivity contribution in [2.75, 3.05) is 0 Å². The van der Waals surface area contributed by atoms with Crippen LogP contribution in [0.3, 0.4) is 0 Å². The highest BCUT2D eigenvalue weighted by molar-refractivity contribution is 5.54. The molecule has 1 aromatic carbocycles. The molecule has 0 aliphatic heterocycles. The van der Waals surface area contributed by atoms with E-state index in [-0.39, 0.29) is 5.41 Å². The maximum Gasteiger partial charge on any atom is 0.226 e. The molecule has 0 aliphatic rings. The van der Waals surface area contributed by atoms with Crippen molar-refractivity contribution in [1.82, 2.24) is 4.98 Å². The van der Waals surface area contributed by atoms with Crippen LogP contribution in [0.5, 0.6) is 0 Å². The summed E-state index contributed by atoms with van der Waals surface area (Å²) >= 11 is 0. The highest BCUT2D eigenvalue weighted by Gasteiger charge is 2.14. The Bertz CT molecular complexity index is 503. The van der Waals surface area contributed by atoms with Crippen LogP contribution in [0.15, 0.2) is 34.9 Å². The highest BCUT2D eigenvalue weighted by Crippen LogP contribution is 2.26. The first-order valence-electron chi connectivity index (χ1n) is 6.56. The molecule has 0 radical (unpaired) electrons. The zero-order chi connectivity index (χ0) is 13.2. The van der Waals surface area contributed by atoms with Crippen LogP contribution in [-0.4, -0.2) is 4.98 Å². The molecule has 18 heavy (non-hydrogen) atoms. The first-order chi connectivity index (χ1) is 8.50. The summed E-state index contributed by atoms with van der Waals surface area (Å²) in [5.74, 6) is 1.69. The van der Waals surface area contributed by atoms with E-state index < -0.39 is 0 Å². The minimum absolute atomic E-state index is 0.183. The Balaban J connectivity index is 2.23. The van der Waals surface area contributed by atoms with Gasteiger partial charge >= 0.3 is 0 Å². The predicted octanol–water partition coefficient (Wildman–Crippen LogP) is 4.59. The molecule has 2 rings (SSSR count). The van der Waals surface area contributed by atoms with Gasteiger partial charge < -0.3 is 4.42 Å². The molecule has 0 aliphatic carbocycles. The maximum absolute atomic E-state index is 5.72. The number of aryl methyl sites for hydroxylation is 1. The van der Waals surface area contributed by atoms with Crippen molar-refractivity contribution in [3.05, 3.63) is 41.8 Å². The maximum atomic E-state index is 5.72. The molecule has 0 amide bonds. The van der Waals surface area contributed by atoms with Gasteiger partial charge in [-0.25, -0.2) is 4.98 Å². The van der Waals surface area contributed by atoms with Crippen LogP contribution in [-0.2, 0) is 11.8 Å². The van der Waals surface area contributed by atoms with E-state index in [9.17, 15) is 0 Å². The largest absolute Gasteiger partial charge is 0.441 e. The first kappa shape index (κ1) is 12.9. The second-order valence-electron chi connectivity index (χ2n) is 5.71. The molecule has 2 aromatic rings. The Morgan fingerprint density at radius 1 is 1.11 bits per heavy atom. The van der Waals surface area contributed by atoms with Crippen molar-refractivity contribution in [2.24, 2.45) is 0 Å². The van der Waals surface area contributed by atoms with Gasteiger partial charge in [-0.1, -0.05) is 39.8 Å². The minimum atomic E-state index is 0.183. The van der Waals surface area contributed by atoms with Crippen molar-refractivity contribution >= 4 is 0 Å². The molecule has 1 heterocycles. The van der Waals surface area contributed by atoms with Gasteiger partial charge in [-0.3, -0.25) is 0 Å². The third-order valence-electron chi connectivity index (χ3n) is 3.05. The number of rotatable bonds is 3. The summed E-state index contributed by atoms with van der Waals surface area (Å²) in [5, 5.41) is 0. The van der Waals surface area contributed by atoms with E-state index in [4.69, 9.17) is 4.42 Å². The minimum Gasteiger partial charge on any atom is -0.441 e. The molecule has 1 aromatic heterocycles. The van der Waals surface area contributed by atoms with E-state index in [1.807, 2.05) is 6.20 Å². The molecule has 0 spiro atoms. The molecule has 0 saturated heterocycles. The molecule has 2 nitrogen and oxygen atoms in total. The van der Waals surface area contributed by atoms with Crippen molar-refractivity contribution < 1.29 is 4.42 Å². The summed E-state index contributed by atoms with van der Waals surface area (Å²) in [4.78, 5) is 4.33. The fourth-order valence-electron chi connectivity index (χ4n) is 1.92. The fraction of sp³-hybridized carbons (Fsp3) is 0.438. The zero-order valence-electron chi connectivity index (χ0n) is 11.7. The average Bonchev–Trinajstić information content (AvgIpc) is 2.77. The summed E-state index contributed by atoms with van der Waals surface area (Å²) in [6.45, 7) is 8.78. The van der Waals surface area contributed by atoms with Crippen LogP contribution < -0.4 is 0 Å². The highest BCUT2D eigenvalue weighted by atomic mass is 16.4. The summed E-state index contributed by atoms with van der Waals surface area (Å²) in [7, 11) is 0. The second kappa shape index (κ2) is 4.97. The molecule has 0 fully saturated rings. The fourth-order valence-corrected chi connectivity index (χ4v) is 1.92. The molecule has 0 unspecified atom stereocenters. The Morgan fingerprint density at radius 3 is 2.33 bits per heavy atom. The lowest BCUT2D eigenvalue weighted by atomic mass is 9.87. The van der Waals surface area contributed by atoms with Crippen molar-refractivity contribution in [2.45, 2.75) is 46.0 Å². The van der Waals surface area contributed by atoms with Gasteiger partial charge in [0.1, 0.15) is 5.76 Å². The monoisotopic (exact) mass is 243 g/mol. The van der Waals surface area contributed by atoms with E-state index in [2.05, 4.69) is 56.9 Å². The predicted molar refractivity (Wildman–Crippen MR) is 74.6 cm³/mol. The zero-order valence-corrected chi connectivity index (χ0v) is 11.7. The quantitative estimate of drug-likeness (QED) is 0.788. The van der Waals surface area contributed by atoms with Crippen LogP contribution in [0.25, 0.3) is 11.5 Å². The molecule has 2 heteroatoms. The molecular formula is C16H21NO. The number of hydrogen-bond donors (Lipinski definition) is 0. The van der Waals surface area contributed by atoms with E-state index in [1.54, 1.807) is 0 Å². The van der Waals surface area contributed by atoms with Gasteiger partial charge in [-0.15, -0.1) is 0 Å². The number of oxazole rings is 1. The van der Waals surface area contributed by atoms with E-state index in [0.29, 0.717) is 0 Å². The van der Waals surface area contributed by atoms with Gasteiger partial charge in [0.2, 0.25) is 5.89 Å². The Kier molecular flexibility index (Phi) is 3.55. The van der Waals surface area contributed by atoms with Crippen molar-refractivity contribution in [3.63, 3.8) is 0 Å². The van der Waals surface area contributed by atoms with Gasteiger partial charge in [0.05, 0.1) is 6.20 Å². The Morgan fingerprint density at radius 2 is 1.78 bits per heavy atom. The van der Waals surface area contributed by atoms with Crippen LogP contribution in [0.4, 0.5) is 0 Å². The summed E-state index contributed by atoms with van der Waals surface area (Å²) in [6, 6.07) is 8.47. The topological polar surface area (TPSA) is 26.0 Å². The van der Waals surface area contributed by atoms with Gasteiger partial charge in [0, 0.05) is 12.0 Å². The van der Waals surface area contributed by atoms with Gasteiger partial charge in [0.15, 0.2) is 0 Å². The standard InChI is InChI=1S/C16H21NO/c1-5-6-14-11-17-15(18-14)12-7-9-13(10-8-12)16(2,3)4/h7-11H,5-6H2,1-4H3. The second-order valence-corrected chi connectivity index (χ2v) is 5.71. The van der Waals surface area contributed by atoms with E-state index in [0.717, 1.165) is 30.1 Å². The lowest BCUT2D eigenvalue weighted by molar-refractivity contribution is 0.514. The lowest BCUT2D eigenvalue weighted by Crippen LogP contribution is -2.10. The molecular weight excluding hydrogens is 222 g/mol. The van der Waals surface area contributed by atoms with Crippen molar-refractivity contribution in [3.8, 4) is 11.5 Å². The number of benzene rings is 1. The van der Waals surface area contributed by atoms with Gasteiger partial charge in [-0.05, 0) is 29.5 Å². The smallest absolute Gasteiger partial charge is 0.226 e.